The topological polar surface area (TPSA) is 75.8 Å². The van der Waals surface area contributed by atoms with Crippen LogP contribution >= 0.6 is 0 Å². The second-order valence-electron chi connectivity index (χ2n) is 8.19. The van der Waals surface area contributed by atoms with Crippen molar-refractivity contribution in [2.75, 3.05) is 26.7 Å². The second kappa shape index (κ2) is 6.08. The summed E-state index contributed by atoms with van der Waals surface area (Å²) in [7, 11) is 1.80. The van der Waals surface area contributed by atoms with E-state index in [1.165, 1.54) is 6.42 Å². The smallest absolute Gasteiger partial charge is 0.248 e. The molecule has 0 spiro atoms. The highest BCUT2D eigenvalue weighted by Gasteiger charge is 2.54. The number of hydrogen-bond acceptors (Lipinski definition) is 4. The third kappa shape index (κ3) is 2.88. The molecule has 2 unspecified atom stereocenters. The number of nitrogens with two attached hydrogens (primary N) is 1. The van der Waals surface area contributed by atoms with Gasteiger partial charge in [0.2, 0.25) is 5.91 Å². The maximum absolute atomic E-state index is 11.6. The Morgan fingerprint density at radius 1 is 1.32 bits per heavy atom. The average Bonchev–Trinajstić information content (AvgIpc) is 3.31. The number of ether oxygens (including phenoxy) is 1. The number of piperidine rings is 1. The Kier molecular flexibility index (Phi) is 4.13. The van der Waals surface area contributed by atoms with Crippen molar-refractivity contribution in [3.05, 3.63) is 35.4 Å². The Balaban J connectivity index is 1.66. The van der Waals surface area contributed by atoms with Crippen LogP contribution in [0.15, 0.2) is 24.3 Å². The maximum Gasteiger partial charge on any atom is 0.248 e. The molecule has 1 aliphatic heterocycles. The second-order valence-corrected chi connectivity index (χ2v) is 8.19. The van der Waals surface area contributed by atoms with E-state index in [4.69, 9.17) is 10.5 Å². The van der Waals surface area contributed by atoms with E-state index < -0.39 is 11.5 Å². The molecule has 2 saturated carbocycles. The fourth-order valence-electron chi connectivity index (χ4n) is 5.21. The van der Waals surface area contributed by atoms with Crippen molar-refractivity contribution in [1.82, 2.24) is 4.90 Å². The molecule has 1 aromatic rings. The summed E-state index contributed by atoms with van der Waals surface area (Å²) in [5.41, 5.74) is 6.31. The number of methoxy groups -OCH3 is 1. The number of benzene rings is 1. The van der Waals surface area contributed by atoms with Crippen LogP contribution in [0.4, 0.5) is 0 Å². The first-order valence-electron chi connectivity index (χ1n) is 9.37. The molecular formula is C20H28N2O3. The van der Waals surface area contributed by atoms with Gasteiger partial charge in [-0.15, -0.1) is 0 Å². The van der Waals surface area contributed by atoms with Gasteiger partial charge in [-0.05, 0) is 43.4 Å². The zero-order chi connectivity index (χ0) is 17.7. The summed E-state index contributed by atoms with van der Waals surface area (Å²) >= 11 is 0. The SMILES string of the molecule is COC1(c2cccc(C(N)=O)c2)C2CCCC1CN(CC1(O)CC1)C2. The summed E-state index contributed by atoms with van der Waals surface area (Å²) in [6, 6.07) is 7.67. The standard InChI is InChI=1S/C20H28N2O3/c1-25-20(15-5-2-4-14(10-15)18(21)23)16-6-3-7-17(20)12-22(11-16)13-19(24)8-9-19/h2,4-5,10,16-17,24H,3,6-9,11-13H2,1H3,(H2,21,23). The molecule has 1 saturated heterocycles. The van der Waals surface area contributed by atoms with Crippen molar-refractivity contribution in [3.8, 4) is 0 Å². The van der Waals surface area contributed by atoms with Gasteiger partial charge in [-0.1, -0.05) is 18.6 Å². The average molecular weight is 344 g/mol. The van der Waals surface area contributed by atoms with E-state index in [1.807, 2.05) is 12.1 Å². The molecule has 1 aromatic carbocycles. The van der Waals surface area contributed by atoms with E-state index in [1.54, 1.807) is 13.2 Å². The number of primary amides is 1. The fraction of sp³-hybridized carbons (Fsp3) is 0.650. The summed E-state index contributed by atoms with van der Waals surface area (Å²) in [5.74, 6) is 0.345. The Bertz CT molecular complexity index is 657. The molecule has 0 aromatic heterocycles. The van der Waals surface area contributed by atoms with Crippen LogP contribution in [0.25, 0.3) is 0 Å². The first-order chi connectivity index (χ1) is 12.0. The number of rotatable bonds is 5. The van der Waals surface area contributed by atoms with Gasteiger partial charge in [0.05, 0.1) is 5.60 Å². The van der Waals surface area contributed by atoms with Gasteiger partial charge in [0, 0.05) is 44.1 Å². The van der Waals surface area contributed by atoms with E-state index >= 15 is 0 Å². The zero-order valence-corrected chi connectivity index (χ0v) is 14.9. The third-order valence-corrected chi connectivity index (χ3v) is 6.56. The lowest BCUT2D eigenvalue weighted by Gasteiger charge is -2.55. The minimum Gasteiger partial charge on any atom is -0.389 e. The Hall–Kier alpha value is -1.43. The van der Waals surface area contributed by atoms with Gasteiger partial charge in [0.1, 0.15) is 5.60 Å². The van der Waals surface area contributed by atoms with Crippen LogP contribution in [0.3, 0.4) is 0 Å². The first kappa shape index (κ1) is 17.0. The van der Waals surface area contributed by atoms with Gasteiger partial charge >= 0.3 is 0 Å². The number of hydrogen-bond donors (Lipinski definition) is 2. The first-order valence-corrected chi connectivity index (χ1v) is 9.37. The molecule has 2 bridgehead atoms. The van der Waals surface area contributed by atoms with Gasteiger partial charge < -0.3 is 15.6 Å². The van der Waals surface area contributed by atoms with Crippen LogP contribution in [0.5, 0.6) is 0 Å². The molecule has 3 aliphatic rings. The molecule has 1 heterocycles. The van der Waals surface area contributed by atoms with Gasteiger partial charge in [-0.3, -0.25) is 9.69 Å². The highest BCUT2D eigenvalue weighted by atomic mass is 16.5. The van der Waals surface area contributed by atoms with Crippen LogP contribution in [-0.2, 0) is 10.3 Å². The Morgan fingerprint density at radius 2 is 2.00 bits per heavy atom. The molecule has 25 heavy (non-hydrogen) atoms. The molecule has 5 nitrogen and oxygen atoms in total. The lowest BCUT2D eigenvalue weighted by molar-refractivity contribution is -0.172. The van der Waals surface area contributed by atoms with Crippen molar-refractivity contribution in [2.45, 2.75) is 43.3 Å². The van der Waals surface area contributed by atoms with E-state index in [2.05, 4.69) is 11.0 Å². The van der Waals surface area contributed by atoms with Crippen molar-refractivity contribution in [2.24, 2.45) is 17.6 Å². The van der Waals surface area contributed by atoms with Gasteiger partial charge in [-0.2, -0.15) is 0 Å². The number of likely N-dealkylation sites (tertiary alicyclic amines) is 1. The summed E-state index contributed by atoms with van der Waals surface area (Å²) in [6.07, 6.45) is 5.29. The van der Waals surface area contributed by atoms with E-state index in [0.29, 0.717) is 17.4 Å². The van der Waals surface area contributed by atoms with Crippen LogP contribution in [-0.4, -0.2) is 48.3 Å². The number of fused-ring (bicyclic) bond motifs is 2. The van der Waals surface area contributed by atoms with Gasteiger partial charge in [0.15, 0.2) is 0 Å². The molecule has 2 aliphatic carbocycles. The molecule has 136 valence electrons. The quantitative estimate of drug-likeness (QED) is 0.855. The number of amides is 1. The predicted molar refractivity (Wildman–Crippen MR) is 95.1 cm³/mol. The minimum atomic E-state index is -0.451. The monoisotopic (exact) mass is 344 g/mol. The molecule has 2 atom stereocenters. The van der Waals surface area contributed by atoms with Crippen molar-refractivity contribution < 1.29 is 14.6 Å². The Labute approximate surface area is 149 Å². The zero-order valence-electron chi connectivity index (χ0n) is 14.9. The third-order valence-electron chi connectivity index (χ3n) is 6.56. The number of aliphatic hydroxyl groups is 1. The van der Waals surface area contributed by atoms with E-state index in [-0.39, 0.29) is 5.60 Å². The highest BCUT2D eigenvalue weighted by molar-refractivity contribution is 5.92. The van der Waals surface area contributed by atoms with Crippen molar-refractivity contribution in [1.29, 1.82) is 0 Å². The number of β-amino-alcohol motifs (C(OH)–C–C–N with tert-alkyl or cyclic N) is 1. The minimum absolute atomic E-state index is 0.355. The van der Waals surface area contributed by atoms with Crippen LogP contribution < -0.4 is 5.73 Å². The number of nitrogens with zero attached hydrogens (tertiary/aromatic N) is 1. The van der Waals surface area contributed by atoms with Crippen LogP contribution in [0.1, 0.15) is 48.0 Å². The lowest BCUT2D eigenvalue weighted by Crippen LogP contribution is -2.60. The summed E-state index contributed by atoms with van der Waals surface area (Å²) < 4.78 is 6.22. The van der Waals surface area contributed by atoms with E-state index in [0.717, 1.165) is 50.9 Å². The molecule has 3 N–H and O–H groups in total. The predicted octanol–water partition coefficient (Wildman–Crippen LogP) is 1.88. The summed E-state index contributed by atoms with van der Waals surface area (Å²) in [5, 5.41) is 10.3. The number of carbonyl (C=O) groups is 1. The van der Waals surface area contributed by atoms with Crippen molar-refractivity contribution in [3.63, 3.8) is 0 Å². The Morgan fingerprint density at radius 3 is 2.56 bits per heavy atom. The van der Waals surface area contributed by atoms with Crippen LogP contribution in [0.2, 0.25) is 0 Å². The molecule has 1 amide bonds. The van der Waals surface area contributed by atoms with Gasteiger partial charge in [-0.25, -0.2) is 0 Å². The number of carbonyl (C=O) groups excluding carboxylic acids is 1. The van der Waals surface area contributed by atoms with Crippen molar-refractivity contribution >= 4 is 5.91 Å². The summed E-state index contributed by atoms with van der Waals surface area (Å²) in [4.78, 5) is 14.1. The normalized spacial score (nSPS) is 33.8. The van der Waals surface area contributed by atoms with Gasteiger partial charge in [0.25, 0.3) is 0 Å². The van der Waals surface area contributed by atoms with Crippen LogP contribution in [0, 0.1) is 11.8 Å². The molecule has 5 heteroatoms. The highest BCUT2D eigenvalue weighted by Crippen LogP contribution is 2.52. The molecule has 4 rings (SSSR count). The molecular weight excluding hydrogens is 316 g/mol. The summed E-state index contributed by atoms with van der Waals surface area (Å²) in [6.45, 7) is 2.65. The largest absolute Gasteiger partial charge is 0.389 e. The van der Waals surface area contributed by atoms with E-state index in [9.17, 15) is 9.90 Å². The fourth-order valence-corrected chi connectivity index (χ4v) is 5.21. The molecule has 3 fully saturated rings. The molecule has 0 radical (unpaired) electrons. The lowest BCUT2D eigenvalue weighted by atomic mass is 9.62. The maximum atomic E-state index is 11.6.